The summed E-state index contributed by atoms with van der Waals surface area (Å²) in [4.78, 5) is 0. The zero-order valence-corrected chi connectivity index (χ0v) is 16.6. The van der Waals surface area contributed by atoms with E-state index in [1.165, 1.54) is 11.1 Å². The Morgan fingerprint density at radius 2 is 1.33 bits per heavy atom. The number of aromatic hydroxyl groups is 3. The quantitative estimate of drug-likeness (QED) is 0.516. The largest absolute Gasteiger partial charge is 0.508 e. The maximum atomic E-state index is 10.4. The molecular weight excluding hydrogens is 372 g/mol. The van der Waals surface area contributed by atoms with Gasteiger partial charge >= 0.3 is 0 Å². The van der Waals surface area contributed by atoms with Gasteiger partial charge in [-0.1, -0.05) is 54.1 Å². The molecule has 1 atom stereocenters. The highest BCUT2D eigenvalue weighted by Gasteiger charge is 2.47. The van der Waals surface area contributed by atoms with Crippen molar-refractivity contribution in [3.8, 4) is 17.2 Å². The summed E-state index contributed by atoms with van der Waals surface area (Å²) in [6, 6.07) is 20.4. The van der Waals surface area contributed by atoms with Crippen LogP contribution < -0.4 is 0 Å². The molecule has 2 aliphatic carbocycles. The molecule has 3 nitrogen and oxygen atoms in total. The van der Waals surface area contributed by atoms with Crippen molar-refractivity contribution in [2.45, 2.75) is 30.6 Å². The minimum absolute atomic E-state index is 0.227. The molecule has 3 heteroatoms. The molecule has 0 saturated carbocycles. The number of phenolic OH excluding ortho intramolecular Hbond substituents is 3. The molecular formula is C27H24O3. The zero-order valence-electron chi connectivity index (χ0n) is 16.6. The maximum absolute atomic E-state index is 10.4. The van der Waals surface area contributed by atoms with Crippen LogP contribution in [0.4, 0.5) is 0 Å². The van der Waals surface area contributed by atoms with Crippen molar-refractivity contribution in [2.75, 3.05) is 0 Å². The van der Waals surface area contributed by atoms with Crippen LogP contribution >= 0.6 is 0 Å². The molecule has 5 rings (SSSR count). The van der Waals surface area contributed by atoms with Gasteiger partial charge in [-0.25, -0.2) is 0 Å². The summed E-state index contributed by atoms with van der Waals surface area (Å²) in [6.45, 7) is 0. The Morgan fingerprint density at radius 3 is 1.90 bits per heavy atom. The molecule has 0 heterocycles. The summed E-state index contributed by atoms with van der Waals surface area (Å²) < 4.78 is 0. The van der Waals surface area contributed by atoms with E-state index < -0.39 is 5.41 Å². The van der Waals surface area contributed by atoms with Gasteiger partial charge in [-0.3, -0.25) is 0 Å². The Labute approximate surface area is 176 Å². The topological polar surface area (TPSA) is 60.7 Å². The Kier molecular flexibility index (Phi) is 4.39. The molecule has 2 aliphatic rings. The second kappa shape index (κ2) is 7.10. The van der Waals surface area contributed by atoms with Gasteiger partial charge < -0.3 is 15.3 Å². The molecule has 0 fully saturated rings. The Balaban J connectivity index is 1.79. The van der Waals surface area contributed by atoms with Crippen LogP contribution in [0.25, 0.3) is 0 Å². The highest BCUT2D eigenvalue weighted by molar-refractivity contribution is 5.62. The van der Waals surface area contributed by atoms with Crippen molar-refractivity contribution in [3.05, 3.63) is 113 Å². The number of benzene rings is 3. The van der Waals surface area contributed by atoms with Crippen LogP contribution in [0, 0.1) is 0 Å². The third-order valence-corrected chi connectivity index (χ3v) is 6.60. The molecule has 3 N–H and O–H groups in total. The van der Waals surface area contributed by atoms with E-state index in [4.69, 9.17) is 0 Å². The summed E-state index contributed by atoms with van der Waals surface area (Å²) in [6.07, 6.45) is 9.48. The molecule has 0 saturated heterocycles. The number of hydrogen-bond donors (Lipinski definition) is 3. The van der Waals surface area contributed by atoms with Crippen LogP contribution in [-0.2, 0) is 5.41 Å². The van der Waals surface area contributed by atoms with Gasteiger partial charge in [0, 0.05) is 11.3 Å². The van der Waals surface area contributed by atoms with E-state index in [-0.39, 0.29) is 23.2 Å². The van der Waals surface area contributed by atoms with Crippen molar-refractivity contribution >= 4 is 0 Å². The lowest BCUT2D eigenvalue weighted by atomic mass is 9.69. The van der Waals surface area contributed by atoms with Crippen molar-refractivity contribution in [1.29, 1.82) is 0 Å². The van der Waals surface area contributed by atoms with Crippen LogP contribution in [0.15, 0.2) is 90.5 Å². The van der Waals surface area contributed by atoms with Crippen LogP contribution in [0.3, 0.4) is 0 Å². The van der Waals surface area contributed by atoms with E-state index in [2.05, 4.69) is 24.3 Å². The Bertz CT molecular complexity index is 1090. The van der Waals surface area contributed by atoms with Crippen molar-refractivity contribution in [2.24, 2.45) is 0 Å². The van der Waals surface area contributed by atoms with Gasteiger partial charge in [-0.15, -0.1) is 0 Å². The highest BCUT2D eigenvalue weighted by Crippen LogP contribution is 2.57. The van der Waals surface area contributed by atoms with E-state index in [0.717, 1.165) is 36.0 Å². The first-order valence-electron chi connectivity index (χ1n) is 10.4. The lowest BCUT2D eigenvalue weighted by molar-refractivity contribution is 0.470. The predicted molar refractivity (Wildman–Crippen MR) is 118 cm³/mol. The third-order valence-electron chi connectivity index (χ3n) is 6.60. The highest BCUT2D eigenvalue weighted by atomic mass is 16.3. The van der Waals surface area contributed by atoms with E-state index >= 15 is 0 Å². The van der Waals surface area contributed by atoms with Crippen LogP contribution in [0.5, 0.6) is 17.2 Å². The third kappa shape index (κ3) is 2.89. The number of phenols is 3. The maximum Gasteiger partial charge on any atom is 0.115 e. The second-order valence-electron chi connectivity index (χ2n) is 8.24. The summed E-state index contributed by atoms with van der Waals surface area (Å²) in [5.41, 5.74) is 5.36. The number of rotatable bonds is 3. The first-order chi connectivity index (χ1) is 14.6. The molecule has 0 aliphatic heterocycles. The normalized spacial score (nSPS) is 19.3. The fourth-order valence-electron chi connectivity index (χ4n) is 5.19. The van der Waals surface area contributed by atoms with Crippen molar-refractivity contribution in [3.63, 3.8) is 0 Å². The average Bonchev–Trinajstić information content (AvgIpc) is 3.11. The zero-order chi connectivity index (χ0) is 20.7. The summed E-state index contributed by atoms with van der Waals surface area (Å²) >= 11 is 0. The van der Waals surface area contributed by atoms with Crippen LogP contribution in [0.2, 0.25) is 0 Å². The molecule has 3 aromatic carbocycles. The SMILES string of the molecule is Oc1ccc(C2(c3ccc(O)cc3)CC(C3=CC=CCC3)c3ccc(O)cc32)cc1. The number of allylic oxidation sites excluding steroid dienone is 4. The van der Waals surface area contributed by atoms with E-state index in [9.17, 15) is 15.3 Å². The summed E-state index contributed by atoms with van der Waals surface area (Å²) in [5.74, 6) is 0.942. The fourth-order valence-corrected chi connectivity index (χ4v) is 5.19. The van der Waals surface area contributed by atoms with Gasteiger partial charge in [0.1, 0.15) is 17.2 Å². The van der Waals surface area contributed by atoms with Crippen LogP contribution in [0.1, 0.15) is 47.4 Å². The van der Waals surface area contributed by atoms with Crippen molar-refractivity contribution < 1.29 is 15.3 Å². The monoisotopic (exact) mass is 396 g/mol. The summed E-state index contributed by atoms with van der Waals surface area (Å²) in [5, 5.41) is 30.2. The fraction of sp³-hybridized carbons (Fsp3) is 0.185. The van der Waals surface area contributed by atoms with E-state index in [1.807, 2.05) is 30.3 Å². The number of fused-ring (bicyclic) bond motifs is 1. The van der Waals surface area contributed by atoms with Gasteiger partial charge in [-0.2, -0.15) is 0 Å². The molecule has 3 aromatic rings. The summed E-state index contributed by atoms with van der Waals surface area (Å²) in [7, 11) is 0. The van der Waals surface area contributed by atoms with Crippen molar-refractivity contribution in [1.82, 2.24) is 0 Å². The lowest BCUT2D eigenvalue weighted by Crippen LogP contribution is -2.26. The average molecular weight is 396 g/mol. The smallest absolute Gasteiger partial charge is 0.115 e. The second-order valence-corrected chi connectivity index (χ2v) is 8.24. The predicted octanol–water partition coefficient (Wildman–Crippen LogP) is 5.90. The molecule has 150 valence electrons. The van der Waals surface area contributed by atoms with Gasteiger partial charge in [0.05, 0.1) is 0 Å². The molecule has 30 heavy (non-hydrogen) atoms. The minimum atomic E-state index is -0.484. The van der Waals surface area contributed by atoms with Gasteiger partial charge in [0.25, 0.3) is 0 Å². The van der Waals surface area contributed by atoms with Gasteiger partial charge in [0.15, 0.2) is 0 Å². The minimum Gasteiger partial charge on any atom is -0.508 e. The Morgan fingerprint density at radius 1 is 0.733 bits per heavy atom. The standard InChI is InChI=1S/C27H24O3/c28-21-10-6-19(7-11-21)27(20-8-12-22(29)13-9-20)17-25(18-4-2-1-3-5-18)24-15-14-23(30)16-26(24)27/h1-2,4,6-16,25,28-30H,3,5,17H2. The lowest BCUT2D eigenvalue weighted by Gasteiger charge is -2.33. The molecule has 0 aromatic heterocycles. The first-order valence-corrected chi connectivity index (χ1v) is 10.4. The Hall–Kier alpha value is -3.46. The van der Waals surface area contributed by atoms with E-state index in [1.54, 1.807) is 30.3 Å². The first kappa shape index (κ1) is 18.6. The van der Waals surface area contributed by atoms with E-state index in [0.29, 0.717) is 0 Å². The number of hydrogen-bond acceptors (Lipinski definition) is 3. The molecule has 0 spiro atoms. The molecule has 1 unspecified atom stereocenters. The molecule has 0 bridgehead atoms. The molecule has 0 radical (unpaired) electrons. The molecule has 0 amide bonds. The van der Waals surface area contributed by atoms with Crippen LogP contribution in [-0.4, -0.2) is 15.3 Å². The van der Waals surface area contributed by atoms with Gasteiger partial charge in [-0.05, 0) is 77.9 Å². The van der Waals surface area contributed by atoms with Gasteiger partial charge in [0.2, 0.25) is 0 Å².